The van der Waals surface area contributed by atoms with Gasteiger partial charge in [-0.25, -0.2) is 0 Å². The average molecular weight is 308 g/mol. The Balaban J connectivity index is 2.31. The first-order chi connectivity index (χ1) is 9.49. The van der Waals surface area contributed by atoms with Crippen LogP contribution in [0.25, 0.3) is 0 Å². The number of hydrogen-bond acceptors (Lipinski definition) is 2. The molecule has 108 valence electrons. The number of hydrogen-bond donors (Lipinski definition) is 1. The lowest BCUT2D eigenvalue weighted by Gasteiger charge is -2.24. The van der Waals surface area contributed by atoms with E-state index in [0.29, 0.717) is 0 Å². The van der Waals surface area contributed by atoms with E-state index in [-0.39, 0.29) is 11.5 Å². The van der Waals surface area contributed by atoms with Gasteiger partial charge in [-0.2, -0.15) is 0 Å². The van der Waals surface area contributed by atoms with Gasteiger partial charge >= 0.3 is 0 Å². The lowest BCUT2D eigenvalue weighted by molar-refractivity contribution is 0.506. The van der Waals surface area contributed by atoms with Crippen LogP contribution in [0, 0.1) is 0 Å². The summed E-state index contributed by atoms with van der Waals surface area (Å²) in [5.41, 5.74) is 2.87. The van der Waals surface area contributed by atoms with Crippen LogP contribution in [0.1, 0.15) is 49.2 Å². The monoisotopic (exact) mass is 307 g/mol. The van der Waals surface area contributed by atoms with Crippen LogP contribution in [-0.4, -0.2) is 7.05 Å². The molecule has 2 aromatic rings. The van der Waals surface area contributed by atoms with Crippen molar-refractivity contribution in [3.8, 4) is 0 Å². The van der Waals surface area contributed by atoms with Gasteiger partial charge in [-0.15, -0.1) is 11.3 Å². The molecule has 1 atom stereocenters. The van der Waals surface area contributed by atoms with Crippen LogP contribution in [0.2, 0.25) is 5.02 Å². The van der Waals surface area contributed by atoms with Crippen LogP contribution < -0.4 is 5.32 Å². The highest BCUT2D eigenvalue weighted by Gasteiger charge is 2.20. The topological polar surface area (TPSA) is 12.0 Å². The van der Waals surface area contributed by atoms with E-state index in [1.54, 1.807) is 11.3 Å². The van der Waals surface area contributed by atoms with Gasteiger partial charge in [-0.3, -0.25) is 0 Å². The SMILES string of the molecule is CCC(C)(C)c1ccc(C(NC)c2sccc2Cl)cc1. The van der Waals surface area contributed by atoms with E-state index in [2.05, 4.69) is 50.4 Å². The van der Waals surface area contributed by atoms with Crippen molar-refractivity contribution in [1.29, 1.82) is 0 Å². The lowest BCUT2D eigenvalue weighted by Crippen LogP contribution is -2.18. The predicted molar refractivity (Wildman–Crippen MR) is 90.0 cm³/mol. The van der Waals surface area contributed by atoms with E-state index in [0.717, 1.165) is 11.4 Å². The third-order valence-electron chi connectivity index (χ3n) is 4.11. The lowest BCUT2D eigenvalue weighted by atomic mass is 9.82. The Morgan fingerprint density at radius 3 is 2.30 bits per heavy atom. The molecule has 1 heterocycles. The van der Waals surface area contributed by atoms with Crippen molar-refractivity contribution >= 4 is 22.9 Å². The Bertz CT molecular complexity index is 557. The quantitative estimate of drug-likeness (QED) is 0.780. The number of halogens is 1. The Labute approximate surface area is 131 Å². The van der Waals surface area contributed by atoms with Crippen molar-refractivity contribution in [1.82, 2.24) is 5.32 Å². The average Bonchev–Trinajstić information content (AvgIpc) is 2.87. The molecule has 1 unspecified atom stereocenters. The first-order valence-corrected chi connectivity index (χ1v) is 8.26. The molecule has 0 bridgehead atoms. The molecule has 0 fully saturated rings. The third kappa shape index (κ3) is 3.08. The Kier molecular flexibility index (Phi) is 4.90. The Morgan fingerprint density at radius 1 is 1.20 bits per heavy atom. The number of nitrogens with one attached hydrogen (secondary N) is 1. The van der Waals surface area contributed by atoms with Gasteiger partial charge in [-0.1, -0.05) is 56.6 Å². The molecule has 1 nitrogen and oxygen atoms in total. The number of rotatable bonds is 5. The summed E-state index contributed by atoms with van der Waals surface area (Å²) in [6.45, 7) is 6.80. The summed E-state index contributed by atoms with van der Waals surface area (Å²) < 4.78 is 0. The van der Waals surface area contributed by atoms with Crippen LogP contribution in [-0.2, 0) is 5.41 Å². The minimum Gasteiger partial charge on any atom is -0.309 e. The number of benzene rings is 1. The fourth-order valence-electron chi connectivity index (χ4n) is 2.29. The van der Waals surface area contributed by atoms with Gasteiger partial charge in [0, 0.05) is 4.88 Å². The zero-order valence-corrected chi connectivity index (χ0v) is 14.1. The molecule has 0 spiro atoms. The molecule has 0 aliphatic heterocycles. The minimum absolute atomic E-state index is 0.168. The summed E-state index contributed by atoms with van der Waals surface area (Å²) >= 11 is 7.96. The van der Waals surface area contributed by atoms with E-state index in [4.69, 9.17) is 11.6 Å². The van der Waals surface area contributed by atoms with E-state index in [1.807, 2.05) is 18.5 Å². The van der Waals surface area contributed by atoms with Crippen LogP contribution in [0.3, 0.4) is 0 Å². The summed E-state index contributed by atoms with van der Waals surface area (Å²) in [4.78, 5) is 1.18. The third-order valence-corrected chi connectivity index (χ3v) is 5.53. The molecule has 20 heavy (non-hydrogen) atoms. The van der Waals surface area contributed by atoms with E-state index >= 15 is 0 Å². The molecule has 0 amide bonds. The molecular formula is C17H22ClNS. The maximum Gasteiger partial charge on any atom is 0.0683 e. The fourth-order valence-corrected chi connectivity index (χ4v) is 3.59. The zero-order valence-electron chi connectivity index (χ0n) is 12.5. The zero-order chi connectivity index (χ0) is 14.8. The Hall–Kier alpha value is -0.830. The van der Waals surface area contributed by atoms with Crippen molar-refractivity contribution in [2.24, 2.45) is 0 Å². The van der Waals surface area contributed by atoms with Crippen molar-refractivity contribution in [3.05, 3.63) is 56.7 Å². The summed E-state index contributed by atoms with van der Waals surface area (Å²) in [5.74, 6) is 0. The molecule has 0 radical (unpaired) electrons. The van der Waals surface area contributed by atoms with Gasteiger partial charge in [-0.05, 0) is 41.5 Å². The minimum atomic E-state index is 0.168. The van der Waals surface area contributed by atoms with Gasteiger partial charge in [0.05, 0.1) is 11.1 Å². The van der Waals surface area contributed by atoms with Gasteiger partial charge in [0.25, 0.3) is 0 Å². The highest BCUT2D eigenvalue weighted by molar-refractivity contribution is 7.10. The second-order valence-corrected chi connectivity index (χ2v) is 7.07. The summed E-state index contributed by atoms with van der Waals surface area (Å²) in [5, 5.41) is 6.24. The molecule has 3 heteroatoms. The summed E-state index contributed by atoms with van der Waals surface area (Å²) in [6.07, 6.45) is 1.14. The second-order valence-electron chi connectivity index (χ2n) is 5.71. The summed E-state index contributed by atoms with van der Waals surface area (Å²) in [6, 6.07) is 11.0. The van der Waals surface area contributed by atoms with Gasteiger partial charge in [0.15, 0.2) is 0 Å². The van der Waals surface area contributed by atoms with Crippen molar-refractivity contribution in [3.63, 3.8) is 0 Å². The van der Waals surface area contributed by atoms with Gasteiger partial charge in [0.1, 0.15) is 0 Å². The maximum absolute atomic E-state index is 6.26. The first kappa shape index (κ1) is 15.6. The van der Waals surface area contributed by atoms with Crippen LogP contribution in [0.15, 0.2) is 35.7 Å². The molecule has 0 saturated heterocycles. The van der Waals surface area contributed by atoms with Crippen molar-refractivity contribution in [2.45, 2.75) is 38.6 Å². The van der Waals surface area contributed by atoms with Crippen LogP contribution in [0.4, 0.5) is 0 Å². The van der Waals surface area contributed by atoms with E-state index in [9.17, 15) is 0 Å². The molecule has 1 aromatic heterocycles. The van der Waals surface area contributed by atoms with E-state index < -0.39 is 0 Å². The molecule has 2 rings (SSSR count). The van der Waals surface area contributed by atoms with Crippen LogP contribution in [0.5, 0.6) is 0 Å². The highest BCUT2D eigenvalue weighted by Crippen LogP contribution is 2.34. The normalized spacial score (nSPS) is 13.4. The van der Waals surface area contributed by atoms with Gasteiger partial charge in [0.2, 0.25) is 0 Å². The molecule has 0 aliphatic rings. The first-order valence-electron chi connectivity index (χ1n) is 7.00. The van der Waals surface area contributed by atoms with Gasteiger partial charge < -0.3 is 5.32 Å². The van der Waals surface area contributed by atoms with Crippen molar-refractivity contribution in [2.75, 3.05) is 7.05 Å². The smallest absolute Gasteiger partial charge is 0.0683 e. The molecule has 1 N–H and O–H groups in total. The molecule has 0 saturated carbocycles. The molecule has 0 aliphatic carbocycles. The van der Waals surface area contributed by atoms with Crippen molar-refractivity contribution < 1.29 is 0 Å². The second kappa shape index (κ2) is 6.30. The van der Waals surface area contributed by atoms with E-state index in [1.165, 1.54) is 16.0 Å². The maximum atomic E-state index is 6.26. The standard InChI is InChI=1S/C17H22ClNS/c1-5-17(2,3)13-8-6-12(7-9-13)15(19-4)16-14(18)10-11-20-16/h6-11,15,19H,5H2,1-4H3. The molecular weight excluding hydrogens is 286 g/mol. The number of thiophene rings is 1. The summed E-state index contributed by atoms with van der Waals surface area (Å²) in [7, 11) is 1.98. The van der Waals surface area contributed by atoms with Crippen LogP contribution >= 0.6 is 22.9 Å². The fraction of sp³-hybridized carbons (Fsp3) is 0.412. The Morgan fingerprint density at radius 2 is 1.85 bits per heavy atom. The highest BCUT2D eigenvalue weighted by atomic mass is 35.5. The molecule has 1 aromatic carbocycles. The predicted octanol–water partition coefficient (Wildman–Crippen LogP) is 5.40. The largest absolute Gasteiger partial charge is 0.309 e.